The Kier molecular flexibility index (Phi) is 1.53. The molecule has 0 aliphatic carbocycles. The minimum Gasteiger partial charge on any atom is -0.313 e. The summed E-state index contributed by atoms with van der Waals surface area (Å²) >= 11 is 0. The molecule has 0 atom stereocenters. The van der Waals surface area contributed by atoms with Crippen molar-refractivity contribution in [3.05, 3.63) is 34.5 Å². The van der Waals surface area contributed by atoms with Gasteiger partial charge in [-0.05, 0) is 6.07 Å². The first-order valence-electron chi connectivity index (χ1n) is 3.55. The molecule has 13 heavy (non-hydrogen) atoms. The number of rotatable bonds is 0. The van der Waals surface area contributed by atoms with E-state index in [-0.39, 0.29) is 5.56 Å². The number of hydrogen-bond acceptors (Lipinski definition) is 4. The van der Waals surface area contributed by atoms with Crippen molar-refractivity contribution in [2.45, 2.75) is 0 Å². The van der Waals surface area contributed by atoms with E-state index in [1.54, 1.807) is 0 Å². The summed E-state index contributed by atoms with van der Waals surface area (Å²) in [7, 11) is 0. The largest absolute Gasteiger partial charge is 0.313 e. The minimum atomic E-state index is -0.283. The second-order valence-electron chi connectivity index (χ2n) is 2.44. The van der Waals surface area contributed by atoms with Crippen LogP contribution < -0.4 is 5.56 Å². The SMILES string of the molecule is N#Cc1cnc2nc[nH]c(=O)c2c1. The van der Waals surface area contributed by atoms with Crippen LogP contribution in [0.2, 0.25) is 0 Å². The molecule has 2 heterocycles. The van der Waals surface area contributed by atoms with Crippen molar-refractivity contribution in [1.29, 1.82) is 5.26 Å². The van der Waals surface area contributed by atoms with Crippen molar-refractivity contribution in [3.8, 4) is 6.07 Å². The van der Waals surface area contributed by atoms with Gasteiger partial charge in [0.05, 0.1) is 17.3 Å². The highest BCUT2D eigenvalue weighted by Gasteiger charge is 2.00. The van der Waals surface area contributed by atoms with E-state index in [0.29, 0.717) is 16.6 Å². The van der Waals surface area contributed by atoms with Crippen LogP contribution in [0.3, 0.4) is 0 Å². The zero-order chi connectivity index (χ0) is 9.26. The number of fused-ring (bicyclic) bond motifs is 1. The molecule has 5 heteroatoms. The van der Waals surface area contributed by atoms with E-state index in [0.717, 1.165) is 0 Å². The van der Waals surface area contributed by atoms with Crippen LogP contribution in [0.5, 0.6) is 0 Å². The molecule has 0 saturated carbocycles. The van der Waals surface area contributed by atoms with Crippen LogP contribution in [-0.2, 0) is 0 Å². The van der Waals surface area contributed by atoms with E-state index in [1.165, 1.54) is 18.6 Å². The molecule has 62 valence electrons. The number of pyridine rings is 1. The Morgan fingerprint density at radius 1 is 1.46 bits per heavy atom. The van der Waals surface area contributed by atoms with E-state index >= 15 is 0 Å². The molecular weight excluding hydrogens is 168 g/mol. The molecule has 0 unspecified atom stereocenters. The lowest BCUT2D eigenvalue weighted by molar-refractivity contribution is 1.14. The number of aromatic amines is 1. The molecule has 0 saturated heterocycles. The van der Waals surface area contributed by atoms with Crippen LogP contribution in [0.15, 0.2) is 23.4 Å². The van der Waals surface area contributed by atoms with Crippen molar-refractivity contribution < 1.29 is 0 Å². The predicted octanol–water partition coefficient (Wildman–Crippen LogP) is 0.190. The van der Waals surface area contributed by atoms with E-state index in [9.17, 15) is 4.79 Å². The van der Waals surface area contributed by atoms with E-state index in [2.05, 4.69) is 15.0 Å². The Morgan fingerprint density at radius 2 is 2.31 bits per heavy atom. The molecule has 5 nitrogen and oxygen atoms in total. The van der Waals surface area contributed by atoms with Gasteiger partial charge in [-0.2, -0.15) is 5.26 Å². The molecular formula is C8H4N4O. The average molecular weight is 172 g/mol. The zero-order valence-electron chi connectivity index (χ0n) is 6.48. The van der Waals surface area contributed by atoms with E-state index in [4.69, 9.17) is 5.26 Å². The van der Waals surface area contributed by atoms with Crippen LogP contribution in [0, 0.1) is 11.3 Å². The molecule has 0 aromatic carbocycles. The molecule has 2 rings (SSSR count). The fourth-order valence-corrected chi connectivity index (χ4v) is 1.02. The molecule has 0 aliphatic heterocycles. The molecule has 0 aliphatic rings. The predicted molar refractivity (Wildman–Crippen MR) is 44.9 cm³/mol. The fraction of sp³-hybridized carbons (Fsp3) is 0. The maximum absolute atomic E-state index is 11.2. The maximum atomic E-state index is 11.2. The van der Waals surface area contributed by atoms with Crippen LogP contribution in [-0.4, -0.2) is 15.0 Å². The fourth-order valence-electron chi connectivity index (χ4n) is 1.02. The van der Waals surface area contributed by atoms with Crippen molar-refractivity contribution in [2.24, 2.45) is 0 Å². The van der Waals surface area contributed by atoms with Gasteiger partial charge in [0.25, 0.3) is 5.56 Å². The number of hydrogen-bond donors (Lipinski definition) is 1. The molecule has 1 N–H and O–H groups in total. The van der Waals surface area contributed by atoms with Gasteiger partial charge in [-0.1, -0.05) is 0 Å². The number of H-pyrrole nitrogens is 1. The molecule has 2 aromatic rings. The lowest BCUT2D eigenvalue weighted by atomic mass is 10.2. The summed E-state index contributed by atoms with van der Waals surface area (Å²) in [4.78, 5) is 21.3. The topological polar surface area (TPSA) is 82.4 Å². The van der Waals surface area contributed by atoms with Crippen molar-refractivity contribution in [1.82, 2.24) is 15.0 Å². The molecule has 2 aromatic heterocycles. The first-order chi connectivity index (χ1) is 6.31. The Bertz CT molecular complexity index is 552. The summed E-state index contributed by atoms with van der Waals surface area (Å²) in [6.45, 7) is 0. The first kappa shape index (κ1) is 7.43. The Labute approximate surface area is 72.7 Å². The number of nitrogens with zero attached hydrogens (tertiary/aromatic N) is 3. The van der Waals surface area contributed by atoms with Gasteiger partial charge in [-0.15, -0.1) is 0 Å². The summed E-state index contributed by atoms with van der Waals surface area (Å²) in [5.74, 6) is 0. The Hall–Kier alpha value is -2.22. The van der Waals surface area contributed by atoms with E-state index in [1.807, 2.05) is 6.07 Å². The summed E-state index contributed by atoms with van der Waals surface area (Å²) in [5.41, 5.74) is 0.420. The van der Waals surface area contributed by atoms with Gasteiger partial charge in [-0.25, -0.2) is 9.97 Å². The second-order valence-corrected chi connectivity index (χ2v) is 2.44. The first-order valence-corrected chi connectivity index (χ1v) is 3.55. The van der Waals surface area contributed by atoms with Gasteiger partial charge in [0.15, 0.2) is 5.65 Å². The van der Waals surface area contributed by atoms with Crippen LogP contribution in [0.25, 0.3) is 11.0 Å². The summed E-state index contributed by atoms with van der Waals surface area (Å²) in [6.07, 6.45) is 2.67. The summed E-state index contributed by atoms with van der Waals surface area (Å²) < 4.78 is 0. The molecule has 0 bridgehead atoms. The van der Waals surface area contributed by atoms with Gasteiger partial charge < -0.3 is 4.98 Å². The van der Waals surface area contributed by atoms with Gasteiger partial charge in [0.1, 0.15) is 6.07 Å². The number of nitrogens with one attached hydrogen (secondary N) is 1. The Morgan fingerprint density at radius 3 is 3.08 bits per heavy atom. The smallest absolute Gasteiger partial charge is 0.260 e. The molecule has 0 radical (unpaired) electrons. The molecule has 0 fully saturated rings. The van der Waals surface area contributed by atoms with Crippen LogP contribution >= 0.6 is 0 Å². The highest BCUT2D eigenvalue weighted by atomic mass is 16.1. The highest BCUT2D eigenvalue weighted by molar-refractivity contribution is 5.74. The number of aromatic nitrogens is 3. The van der Waals surface area contributed by atoms with Gasteiger partial charge >= 0.3 is 0 Å². The average Bonchev–Trinajstić information content (AvgIpc) is 2.18. The van der Waals surface area contributed by atoms with Gasteiger partial charge in [0.2, 0.25) is 0 Å². The normalized spacial score (nSPS) is 9.77. The number of nitriles is 1. The van der Waals surface area contributed by atoms with Gasteiger partial charge in [-0.3, -0.25) is 4.79 Å². The Balaban J connectivity index is 2.92. The highest BCUT2D eigenvalue weighted by Crippen LogP contribution is 2.03. The van der Waals surface area contributed by atoms with Crippen LogP contribution in [0.4, 0.5) is 0 Å². The van der Waals surface area contributed by atoms with Crippen molar-refractivity contribution in [2.75, 3.05) is 0 Å². The molecule has 0 spiro atoms. The van der Waals surface area contributed by atoms with E-state index < -0.39 is 0 Å². The lowest BCUT2D eigenvalue weighted by Crippen LogP contribution is -2.07. The van der Waals surface area contributed by atoms with Crippen LogP contribution in [0.1, 0.15) is 5.56 Å². The summed E-state index contributed by atoms with van der Waals surface area (Å²) in [5, 5.41) is 8.90. The standard InChI is InChI=1S/C8H4N4O/c9-2-5-1-6-7(10-3-5)11-4-12-8(6)13/h1,3-4H,(H,10,11,12,13). The third-order valence-electron chi connectivity index (χ3n) is 1.62. The molecule has 0 amide bonds. The lowest BCUT2D eigenvalue weighted by Gasteiger charge is -1.93. The maximum Gasteiger partial charge on any atom is 0.260 e. The zero-order valence-corrected chi connectivity index (χ0v) is 6.48. The van der Waals surface area contributed by atoms with Crippen molar-refractivity contribution in [3.63, 3.8) is 0 Å². The minimum absolute atomic E-state index is 0.283. The quantitative estimate of drug-likeness (QED) is 0.614. The van der Waals surface area contributed by atoms with Gasteiger partial charge in [0, 0.05) is 6.20 Å². The summed E-state index contributed by atoms with van der Waals surface area (Å²) in [6, 6.07) is 3.37. The monoisotopic (exact) mass is 172 g/mol. The third-order valence-corrected chi connectivity index (χ3v) is 1.62. The third kappa shape index (κ3) is 1.14. The second kappa shape index (κ2) is 2.68. The van der Waals surface area contributed by atoms with Crippen molar-refractivity contribution >= 4 is 11.0 Å².